The zero-order chi connectivity index (χ0) is 46.8. The highest BCUT2D eigenvalue weighted by atomic mass is 15.2. The van der Waals surface area contributed by atoms with Crippen molar-refractivity contribution in [3.63, 3.8) is 0 Å². The number of nitrogens with zero attached hydrogens (tertiary/aromatic N) is 2. The van der Waals surface area contributed by atoms with Gasteiger partial charge in [0.1, 0.15) is 0 Å². The van der Waals surface area contributed by atoms with Gasteiger partial charge in [-0.2, -0.15) is 0 Å². The van der Waals surface area contributed by atoms with E-state index in [0.29, 0.717) is 5.92 Å². The highest BCUT2D eigenvalue weighted by Gasteiger charge is 2.40. The molecule has 3 unspecified atom stereocenters. The topological polar surface area (TPSA) is 6.48 Å². The van der Waals surface area contributed by atoms with Crippen molar-refractivity contribution in [3.05, 3.63) is 226 Å². The number of aryl methyl sites for hydroxylation is 4. The van der Waals surface area contributed by atoms with Crippen molar-refractivity contribution in [2.45, 2.75) is 115 Å². The minimum Gasteiger partial charge on any atom is -0.310 e. The maximum atomic E-state index is 2.61. The Bertz CT molecular complexity index is 3180. The summed E-state index contributed by atoms with van der Waals surface area (Å²) in [5.41, 5.74) is 24.1. The molecule has 8 aliphatic rings. The van der Waals surface area contributed by atoms with Crippen LogP contribution in [0, 0.1) is 11.8 Å². The summed E-state index contributed by atoms with van der Waals surface area (Å²) >= 11 is 0. The van der Waals surface area contributed by atoms with Crippen LogP contribution in [-0.4, -0.2) is 0 Å². The van der Waals surface area contributed by atoms with Gasteiger partial charge in [-0.05, 0) is 209 Å². The van der Waals surface area contributed by atoms with Gasteiger partial charge in [0.25, 0.3) is 0 Å². The second-order valence-electron chi connectivity index (χ2n) is 22.2. The Morgan fingerprint density at radius 1 is 0.429 bits per heavy atom. The summed E-state index contributed by atoms with van der Waals surface area (Å²) < 4.78 is 0. The second kappa shape index (κ2) is 18.0. The standard InChI is InChI=1S/C68H66N2/c1-68(2)63-20-12-19-60(51-15-8-4-9-16-51)67(63)61-40-39-59(45-64(61)68)70(58-35-31-50(32-36-58)49-13-6-3-7-14-49)66-44-47-22-27-53-26-21-46(23-28-54(66)29-24-47)43-65(53)69(56-17-10-5-11-18-56)57-37-33-52(34-38-57)62-42-48-25-30-55(62)41-48/h4-5,8-12,15-21,24,26,29,31-40,43-45,48-49,55,62H,3,6-7,13-14,22-23,25,27-28,30,41-42H2,1-2H3. The van der Waals surface area contributed by atoms with E-state index in [1.165, 1.54) is 153 Å². The van der Waals surface area contributed by atoms with Crippen molar-refractivity contribution in [2.75, 3.05) is 9.80 Å². The van der Waals surface area contributed by atoms with E-state index in [4.69, 9.17) is 0 Å². The van der Waals surface area contributed by atoms with Crippen molar-refractivity contribution < 1.29 is 0 Å². The Morgan fingerprint density at radius 2 is 1.03 bits per heavy atom. The quantitative estimate of drug-likeness (QED) is 0.142. The van der Waals surface area contributed by atoms with E-state index >= 15 is 0 Å². The molecule has 70 heavy (non-hydrogen) atoms. The molecule has 0 heterocycles. The van der Waals surface area contributed by atoms with Gasteiger partial charge in [0.2, 0.25) is 0 Å². The lowest BCUT2D eigenvalue weighted by molar-refractivity contribution is 0.420. The smallest absolute Gasteiger partial charge is 0.0496 e. The van der Waals surface area contributed by atoms with E-state index in [2.05, 4.69) is 206 Å². The first kappa shape index (κ1) is 43.4. The van der Waals surface area contributed by atoms with Gasteiger partial charge in [-0.25, -0.2) is 0 Å². The van der Waals surface area contributed by atoms with Gasteiger partial charge in [0.15, 0.2) is 0 Å². The Kier molecular flexibility index (Phi) is 11.1. The molecule has 0 aliphatic heterocycles. The summed E-state index contributed by atoms with van der Waals surface area (Å²) in [6.45, 7) is 4.85. The van der Waals surface area contributed by atoms with Crippen LogP contribution in [0.5, 0.6) is 0 Å². The van der Waals surface area contributed by atoms with Crippen molar-refractivity contribution in [1.29, 1.82) is 0 Å². The molecule has 3 fully saturated rings. The number of rotatable bonds is 9. The number of para-hydroxylation sites is 1. The minimum atomic E-state index is -0.154. The molecule has 6 bridgehead atoms. The predicted octanol–water partition coefficient (Wildman–Crippen LogP) is 18.4. The van der Waals surface area contributed by atoms with Crippen LogP contribution in [-0.2, 0) is 31.1 Å². The average Bonchev–Trinajstić information content (AvgIpc) is 4.11. The molecule has 348 valence electrons. The van der Waals surface area contributed by atoms with Crippen LogP contribution in [0.25, 0.3) is 22.3 Å². The molecule has 0 aromatic heterocycles. The summed E-state index contributed by atoms with van der Waals surface area (Å²) in [6, 6.07) is 70.6. The molecule has 0 N–H and O–H groups in total. The fourth-order valence-electron chi connectivity index (χ4n) is 14.0. The van der Waals surface area contributed by atoms with Crippen LogP contribution >= 0.6 is 0 Å². The van der Waals surface area contributed by atoms with Crippen LogP contribution in [0.1, 0.15) is 128 Å². The third kappa shape index (κ3) is 7.79. The van der Waals surface area contributed by atoms with Gasteiger partial charge in [0, 0.05) is 39.5 Å². The lowest BCUT2D eigenvalue weighted by Crippen LogP contribution is -2.18. The minimum absolute atomic E-state index is 0.154. The van der Waals surface area contributed by atoms with Gasteiger partial charge in [-0.1, -0.05) is 161 Å². The zero-order valence-electron chi connectivity index (χ0n) is 41.2. The third-order valence-corrected chi connectivity index (χ3v) is 17.7. The Morgan fingerprint density at radius 3 is 1.66 bits per heavy atom. The van der Waals surface area contributed by atoms with Crippen LogP contribution in [0.2, 0.25) is 0 Å². The number of hydrogen-bond donors (Lipinski definition) is 0. The molecular weight excluding hydrogens is 845 g/mol. The summed E-state index contributed by atoms with van der Waals surface area (Å²) in [4.78, 5) is 5.15. The van der Waals surface area contributed by atoms with E-state index in [0.717, 1.165) is 43.4 Å². The fourth-order valence-corrected chi connectivity index (χ4v) is 14.0. The van der Waals surface area contributed by atoms with E-state index < -0.39 is 0 Å². The SMILES string of the molecule is CC1(C)c2cc(N(c3ccc(C4CCCCC4)cc3)c3cc4ccc3CCc3ccc(c(N(c5ccccc5)c5ccc(C6CC7CCC6C7)cc5)c3)CC4)ccc2-c2c(-c3ccccc3)cccc21. The summed E-state index contributed by atoms with van der Waals surface area (Å²) in [5.74, 6) is 3.22. The molecule has 2 heteroatoms. The Hall–Kier alpha value is -6.64. The van der Waals surface area contributed by atoms with Crippen molar-refractivity contribution in [3.8, 4) is 22.3 Å². The number of anilines is 6. The molecule has 8 aliphatic carbocycles. The Labute approximate surface area is 417 Å². The molecule has 16 rings (SSSR count). The fraction of sp³-hybridized carbons (Fsp3) is 0.294. The number of hydrogen-bond acceptors (Lipinski definition) is 2. The van der Waals surface area contributed by atoms with Crippen molar-refractivity contribution in [1.82, 2.24) is 0 Å². The highest BCUT2D eigenvalue weighted by Crippen LogP contribution is 2.55. The third-order valence-electron chi connectivity index (χ3n) is 17.7. The maximum absolute atomic E-state index is 2.61. The van der Waals surface area contributed by atoms with Crippen molar-refractivity contribution in [2.24, 2.45) is 11.8 Å². The molecule has 3 saturated carbocycles. The van der Waals surface area contributed by atoms with E-state index in [1.807, 2.05) is 0 Å². The lowest BCUT2D eigenvalue weighted by atomic mass is 9.81. The summed E-state index contributed by atoms with van der Waals surface area (Å²) in [5, 5.41) is 0. The first-order valence-corrected chi connectivity index (χ1v) is 26.9. The molecule has 0 saturated heterocycles. The highest BCUT2D eigenvalue weighted by molar-refractivity contribution is 5.94. The van der Waals surface area contributed by atoms with E-state index in [9.17, 15) is 0 Å². The molecule has 8 aromatic rings. The van der Waals surface area contributed by atoms with Gasteiger partial charge >= 0.3 is 0 Å². The lowest BCUT2D eigenvalue weighted by Gasteiger charge is -2.31. The van der Waals surface area contributed by atoms with Crippen LogP contribution in [0.4, 0.5) is 34.1 Å². The normalized spacial score (nSPS) is 19.9. The van der Waals surface area contributed by atoms with Crippen LogP contribution in [0.15, 0.2) is 182 Å². The van der Waals surface area contributed by atoms with Crippen LogP contribution in [0.3, 0.4) is 0 Å². The summed E-state index contributed by atoms with van der Waals surface area (Å²) in [6.07, 6.45) is 16.1. The monoisotopic (exact) mass is 911 g/mol. The molecule has 0 amide bonds. The Balaban J connectivity index is 0.884. The zero-order valence-corrected chi connectivity index (χ0v) is 41.2. The second-order valence-corrected chi connectivity index (χ2v) is 22.2. The molecule has 3 atom stereocenters. The van der Waals surface area contributed by atoms with Gasteiger partial charge in [-0.15, -0.1) is 0 Å². The molecule has 8 aromatic carbocycles. The average molecular weight is 911 g/mol. The molecular formula is C68H66N2. The number of fused-ring (bicyclic) bond motifs is 5. The van der Waals surface area contributed by atoms with Gasteiger partial charge < -0.3 is 9.80 Å². The molecule has 2 nitrogen and oxygen atoms in total. The van der Waals surface area contributed by atoms with Crippen LogP contribution < -0.4 is 9.80 Å². The van der Waals surface area contributed by atoms with Gasteiger partial charge in [0.05, 0.1) is 0 Å². The first-order chi connectivity index (χ1) is 34.4. The molecule has 0 spiro atoms. The van der Waals surface area contributed by atoms with E-state index in [1.54, 1.807) is 5.56 Å². The van der Waals surface area contributed by atoms with E-state index in [-0.39, 0.29) is 5.41 Å². The van der Waals surface area contributed by atoms with Gasteiger partial charge in [-0.3, -0.25) is 0 Å². The first-order valence-electron chi connectivity index (χ1n) is 26.9. The maximum Gasteiger partial charge on any atom is 0.0496 e. The predicted molar refractivity (Wildman–Crippen MR) is 294 cm³/mol. The largest absolute Gasteiger partial charge is 0.310 e. The number of benzene rings is 8. The molecule has 0 radical (unpaired) electrons. The van der Waals surface area contributed by atoms with Crippen molar-refractivity contribution >= 4 is 34.1 Å². The summed E-state index contributed by atoms with van der Waals surface area (Å²) in [7, 11) is 0.